The van der Waals surface area contributed by atoms with Crippen LogP contribution < -0.4 is 5.32 Å². The summed E-state index contributed by atoms with van der Waals surface area (Å²) in [6.45, 7) is 4.18. The quantitative estimate of drug-likeness (QED) is 0.886. The molecule has 1 atom stereocenters. The lowest BCUT2D eigenvalue weighted by molar-refractivity contribution is 0.302. The van der Waals surface area contributed by atoms with Crippen molar-refractivity contribution in [3.63, 3.8) is 0 Å². The molecule has 0 saturated heterocycles. The van der Waals surface area contributed by atoms with Gasteiger partial charge in [-0.1, -0.05) is 0 Å². The summed E-state index contributed by atoms with van der Waals surface area (Å²) in [5.74, 6) is 1.55. The number of nitrogens with zero attached hydrogens (tertiary/aromatic N) is 2. The zero-order valence-corrected chi connectivity index (χ0v) is 15.1. The molecule has 2 bridgehead atoms. The lowest BCUT2D eigenvalue weighted by Gasteiger charge is -2.07. The summed E-state index contributed by atoms with van der Waals surface area (Å²) in [5, 5.41) is 6.23. The number of ether oxygens (including phenoxy) is 2. The van der Waals surface area contributed by atoms with Gasteiger partial charge in [0.05, 0.1) is 26.0 Å². The monoisotopic (exact) mass is 343 g/mol. The molecule has 6 heteroatoms. The fourth-order valence-electron chi connectivity index (χ4n) is 2.49. The Morgan fingerprint density at radius 3 is 2.71 bits per heavy atom. The van der Waals surface area contributed by atoms with Crippen molar-refractivity contribution in [2.24, 2.45) is 4.99 Å². The third kappa shape index (κ3) is 3.59. The van der Waals surface area contributed by atoms with E-state index < -0.39 is 0 Å². The highest BCUT2D eigenvalue weighted by atomic mass is 32.1. The van der Waals surface area contributed by atoms with E-state index in [2.05, 4.69) is 30.2 Å². The van der Waals surface area contributed by atoms with Gasteiger partial charge in [-0.05, 0) is 38.2 Å². The lowest BCUT2D eigenvalue weighted by atomic mass is 10.1. The summed E-state index contributed by atoms with van der Waals surface area (Å²) >= 11 is 1.58. The number of methoxy groups -OCH3 is 2. The van der Waals surface area contributed by atoms with Gasteiger partial charge in [0.15, 0.2) is 5.13 Å². The number of allylic oxidation sites excluding steroid dienone is 3. The first-order valence-corrected chi connectivity index (χ1v) is 8.69. The van der Waals surface area contributed by atoms with Crippen molar-refractivity contribution in [2.45, 2.75) is 25.9 Å². The molecule has 3 rings (SSSR count). The molecule has 126 valence electrons. The predicted octanol–water partition coefficient (Wildman–Crippen LogP) is 3.69. The van der Waals surface area contributed by atoms with E-state index in [1.165, 1.54) is 0 Å². The van der Waals surface area contributed by atoms with Crippen LogP contribution in [0.5, 0.6) is 0 Å². The molecule has 1 N–H and O–H groups in total. The fourth-order valence-corrected chi connectivity index (χ4v) is 3.34. The normalized spacial score (nSPS) is 19.6. The van der Waals surface area contributed by atoms with E-state index >= 15 is 0 Å². The molecule has 5 nitrogen and oxygen atoms in total. The molecule has 2 aliphatic rings. The Morgan fingerprint density at radius 2 is 2.00 bits per heavy atom. The molecule has 1 unspecified atom stereocenters. The first-order valence-electron chi connectivity index (χ1n) is 7.81. The van der Waals surface area contributed by atoms with Gasteiger partial charge in [-0.15, -0.1) is 11.3 Å². The van der Waals surface area contributed by atoms with Crippen LogP contribution in [0.3, 0.4) is 0 Å². The van der Waals surface area contributed by atoms with Crippen molar-refractivity contribution < 1.29 is 9.47 Å². The third-order valence-electron chi connectivity index (χ3n) is 3.59. The smallest absolute Gasteiger partial charge is 0.183 e. The van der Waals surface area contributed by atoms with Gasteiger partial charge in [0.1, 0.15) is 17.2 Å². The van der Waals surface area contributed by atoms with E-state index in [1.54, 1.807) is 25.6 Å². The minimum absolute atomic E-state index is 0.118. The van der Waals surface area contributed by atoms with Gasteiger partial charge in [-0.3, -0.25) is 4.99 Å². The SMILES string of the molecule is COC1=CC2C=C(C=C1)C(OC)=CC(c1csc(NC(C)C)n1)=N2. The lowest BCUT2D eigenvalue weighted by Crippen LogP contribution is -2.10. The summed E-state index contributed by atoms with van der Waals surface area (Å²) in [6.07, 6.45) is 9.89. The van der Waals surface area contributed by atoms with Crippen LogP contribution in [0.25, 0.3) is 0 Å². The summed E-state index contributed by atoms with van der Waals surface area (Å²) < 4.78 is 10.9. The minimum Gasteiger partial charge on any atom is -0.497 e. The number of aliphatic imine (C=N–C) groups is 1. The molecular formula is C18H21N3O2S. The molecule has 0 fully saturated rings. The number of thiazole rings is 1. The molecule has 0 spiro atoms. The van der Waals surface area contributed by atoms with Gasteiger partial charge < -0.3 is 14.8 Å². The maximum absolute atomic E-state index is 5.56. The first-order chi connectivity index (χ1) is 11.6. The molecule has 0 aromatic carbocycles. The second kappa shape index (κ2) is 7.05. The summed E-state index contributed by atoms with van der Waals surface area (Å²) in [4.78, 5) is 9.46. The van der Waals surface area contributed by atoms with Crippen LogP contribution in [0.2, 0.25) is 0 Å². The number of nitrogens with one attached hydrogen (secondary N) is 1. The van der Waals surface area contributed by atoms with Crippen molar-refractivity contribution in [1.29, 1.82) is 0 Å². The Hall–Kier alpha value is -2.34. The molecule has 1 aromatic rings. The number of hydrogen-bond acceptors (Lipinski definition) is 6. The third-order valence-corrected chi connectivity index (χ3v) is 4.36. The molecule has 0 amide bonds. The Bertz CT molecular complexity index is 769. The molecule has 24 heavy (non-hydrogen) atoms. The standard InChI is InChI=1S/C18H21N3O2S/c1-11(2)19-18-21-16(10-24-18)15-9-17(23-4)12-5-6-14(22-3)8-13(7-12)20-15/h5-11,13H,1-4H3,(H,19,21). The number of hydrogen-bond donors (Lipinski definition) is 1. The van der Waals surface area contributed by atoms with E-state index in [9.17, 15) is 0 Å². The van der Waals surface area contributed by atoms with Gasteiger partial charge >= 0.3 is 0 Å². The molecule has 0 saturated carbocycles. The van der Waals surface area contributed by atoms with Crippen molar-refractivity contribution in [1.82, 2.24) is 4.98 Å². The van der Waals surface area contributed by atoms with E-state index in [-0.39, 0.29) is 6.04 Å². The summed E-state index contributed by atoms with van der Waals surface area (Å²) in [7, 11) is 3.33. The second-order valence-corrected chi connectivity index (χ2v) is 6.64. The molecule has 1 aliphatic carbocycles. The highest BCUT2D eigenvalue weighted by Crippen LogP contribution is 2.26. The molecule has 2 heterocycles. The average molecular weight is 343 g/mol. The van der Waals surface area contributed by atoms with E-state index in [0.29, 0.717) is 6.04 Å². The van der Waals surface area contributed by atoms with Crippen molar-refractivity contribution in [2.75, 3.05) is 19.5 Å². The van der Waals surface area contributed by atoms with Crippen molar-refractivity contribution >= 4 is 22.2 Å². The van der Waals surface area contributed by atoms with Crippen LogP contribution in [0.4, 0.5) is 5.13 Å². The number of rotatable bonds is 5. The maximum atomic E-state index is 5.56. The van der Waals surface area contributed by atoms with Crippen LogP contribution in [0.1, 0.15) is 19.5 Å². The van der Waals surface area contributed by atoms with E-state index in [1.807, 2.05) is 29.7 Å². The zero-order valence-electron chi connectivity index (χ0n) is 14.2. The van der Waals surface area contributed by atoms with Gasteiger partial charge in [0, 0.05) is 23.1 Å². The highest BCUT2D eigenvalue weighted by molar-refractivity contribution is 7.13. The fraction of sp³-hybridized carbons (Fsp3) is 0.333. The summed E-state index contributed by atoms with van der Waals surface area (Å²) in [5.41, 5.74) is 2.63. The van der Waals surface area contributed by atoms with Crippen LogP contribution >= 0.6 is 11.3 Å². The molecule has 1 aliphatic heterocycles. The van der Waals surface area contributed by atoms with Crippen LogP contribution in [0, 0.1) is 0 Å². The Kier molecular flexibility index (Phi) is 4.85. The van der Waals surface area contributed by atoms with Gasteiger partial charge in [0.25, 0.3) is 0 Å². The predicted molar refractivity (Wildman–Crippen MR) is 98.6 cm³/mol. The number of aromatic nitrogens is 1. The van der Waals surface area contributed by atoms with E-state index in [0.717, 1.165) is 33.6 Å². The van der Waals surface area contributed by atoms with Crippen LogP contribution in [-0.4, -0.2) is 37.0 Å². The number of fused-ring (bicyclic) bond motifs is 1. The van der Waals surface area contributed by atoms with Crippen molar-refractivity contribution in [3.8, 4) is 0 Å². The highest BCUT2D eigenvalue weighted by Gasteiger charge is 2.19. The Balaban J connectivity index is 1.98. The van der Waals surface area contributed by atoms with Crippen LogP contribution in [-0.2, 0) is 9.47 Å². The van der Waals surface area contributed by atoms with Gasteiger partial charge in [-0.2, -0.15) is 0 Å². The molecular weight excluding hydrogens is 322 g/mol. The van der Waals surface area contributed by atoms with Gasteiger partial charge in [-0.25, -0.2) is 4.98 Å². The van der Waals surface area contributed by atoms with Crippen molar-refractivity contribution in [3.05, 3.63) is 58.5 Å². The molecule has 0 radical (unpaired) electrons. The van der Waals surface area contributed by atoms with E-state index in [4.69, 9.17) is 14.5 Å². The Morgan fingerprint density at radius 1 is 1.17 bits per heavy atom. The average Bonchev–Trinajstić information content (AvgIpc) is 2.81. The topological polar surface area (TPSA) is 55.7 Å². The first kappa shape index (κ1) is 16.5. The second-order valence-electron chi connectivity index (χ2n) is 5.78. The minimum atomic E-state index is -0.118. The zero-order chi connectivity index (χ0) is 17.1. The largest absolute Gasteiger partial charge is 0.497 e. The maximum Gasteiger partial charge on any atom is 0.183 e. The Labute approximate surface area is 146 Å². The van der Waals surface area contributed by atoms with Crippen LogP contribution in [0.15, 0.2) is 57.8 Å². The van der Waals surface area contributed by atoms with Gasteiger partial charge in [0.2, 0.25) is 0 Å². The number of anilines is 1. The summed E-state index contributed by atoms with van der Waals surface area (Å²) in [6, 6.07) is 0.223. The molecule has 1 aromatic heterocycles.